The molecule has 0 fully saturated rings. The summed E-state index contributed by atoms with van der Waals surface area (Å²) in [5.74, 6) is 0.889. The number of hydrogen-bond acceptors (Lipinski definition) is 4. The number of rotatable bonds is 4. The van der Waals surface area contributed by atoms with Crippen molar-refractivity contribution in [3.8, 4) is 6.07 Å². The minimum absolute atomic E-state index is 0.231. The van der Waals surface area contributed by atoms with Crippen LogP contribution in [0.25, 0.3) is 0 Å². The smallest absolute Gasteiger partial charge is 0.435 e. The molecule has 0 saturated carbocycles. The van der Waals surface area contributed by atoms with Gasteiger partial charge in [0.05, 0.1) is 19.3 Å². The zero-order valence-electron chi connectivity index (χ0n) is 10.9. The summed E-state index contributed by atoms with van der Waals surface area (Å²) in [5.41, 5.74) is 0. The molecule has 0 amide bonds. The molecule has 0 aromatic heterocycles. The van der Waals surface area contributed by atoms with Gasteiger partial charge in [-0.15, -0.1) is 0 Å². The second kappa shape index (κ2) is 11.8. The molecule has 0 radical (unpaired) electrons. The molecule has 16 heavy (non-hydrogen) atoms. The van der Waals surface area contributed by atoms with Crippen molar-refractivity contribution in [3.05, 3.63) is 0 Å². The molecule has 94 valence electrons. The van der Waals surface area contributed by atoms with E-state index in [2.05, 4.69) is 29.4 Å². The highest BCUT2D eigenvalue weighted by Gasteiger charge is 2.00. The van der Waals surface area contributed by atoms with Gasteiger partial charge in [-0.25, -0.2) is 4.79 Å². The van der Waals surface area contributed by atoms with Crippen LogP contribution in [0.4, 0.5) is 4.79 Å². The predicted octanol–water partition coefficient (Wildman–Crippen LogP) is 3.37. The summed E-state index contributed by atoms with van der Waals surface area (Å²) in [6.45, 7) is 10.4. The van der Waals surface area contributed by atoms with Crippen molar-refractivity contribution in [2.45, 2.75) is 41.0 Å². The summed E-state index contributed by atoms with van der Waals surface area (Å²) < 4.78 is 8.84. The minimum atomic E-state index is -0.588. The third kappa shape index (κ3) is 15.2. The van der Waals surface area contributed by atoms with Crippen LogP contribution in [0.3, 0.4) is 0 Å². The van der Waals surface area contributed by atoms with Gasteiger partial charge in [0.1, 0.15) is 0 Å². The van der Waals surface area contributed by atoms with Crippen molar-refractivity contribution in [2.24, 2.45) is 11.8 Å². The van der Waals surface area contributed by atoms with Gasteiger partial charge in [-0.1, -0.05) is 13.8 Å². The second-order valence-corrected chi connectivity index (χ2v) is 3.78. The average Bonchev–Trinajstić information content (AvgIpc) is 2.18. The maximum atomic E-state index is 10.2. The molecule has 0 aliphatic heterocycles. The summed E-state index contributed by atoms with van der Waals surface area (Å²) in [6, 6.07) is 2.20. The summed E-state index contributed by atoms with van der Waals surface area (Å²) in [4.78, 5) is 10.2. The fourth-order valence-electron chi connectivity index (χ4n) is 1.04. The average molecular weight is 229 g/mol. The lowest BCUT2D eigenvalue weighted by Gasteiger charge is -2.03. The van der Waals surface area contributed by atoms with E-state index < -0.39 is 6.16 Å². The maximum absolute atomic E-state index is 10.2. The zero-order chi connectivity index (χ0) is 13.0. The highest BCUT2D eigenvalue weighted by atomic mass is 16.7. The first-order valence-electron chi connectivity index (χ1n) is 5.66. The van der Waals surface area contributed by atoms with Crippen LogP contribution in [-0.4, -0.2) is 19.4 Å². The van der Waals surface area contributed by atoms with Gasteiger partial charge in [0.15, 0.2) is 0 Å². The van der Waals surface area contributed by atoms with Gasteiger partial charge in [0.25, 0.3) is 0 Å². The van der Waals surface area contributed by atoms with Crippen molar-refractivity contribution >= 4 is 6.16 Å². The fraction of sp³-hybridized carbons (Fsp3) is 0.833. The predicted molar refractivity (Wildman–Crippen MR) is 62.9 cm³/mol. The van der Waals surface area contributed by atoms with E-state index in [4.69, 9.17) is 5.26 Å². The Kier molecular flexibility index (Phi) is 12.7. The van der Waals surface area contributed by atoms with Crippen molar-refractivity contribution in [1.82, 2.24) is 0 Å². The van der Waals surface area contributed by atoms with E-state index in [1.165, 1.54) is 0 Å². The molecular weight excluding hydrogens is 206 g/mol. The summed E-state index contributed by atoms with van der Waals surface area (Å²) in [7, 11) is 0. The van der Waals surface area contributed by atoms with Gasteiger partial charge in [-0.2, -0.15) is 5.26 Å². The van der Waals surface area contributed by atoms with E-state index in [9.17, 15) is 4.79 Å². The summed E-state index contributed by atoms with van der Waals surface area (Å²) in [6.07, 6.45) is 0.436. The molecule has 1 atom stereocenters. The number of nitrogens with zero attached hydrogens (tertiary/aromatic N) is 1. The Labute approximate surface area is 98.5 Å². The SMILES string of the molecule is CC(C)CC(C)C#N.CCOC(=O)OCC. The number of carbonyl (C=O) groups excluding carboxylic acids is 1. The monoisotopic (exact) mass is 229 g/mol. The van der Waals surface area contributed by atoms with Crippen LogP contribution in [0, 0.1) is 23.2 Å². The quantitative estimate of drug-likeness (QED) is 0.693. The normalized spacial score (nSPS) is 10.8. The lowest BCUT2D eigenvalue weighted by atomic mass is 10.0. The Hall–Kier alpha value is -1.24. The van der Waals surface area contributed by atoms with E-state index in [-0.39, 0.29) is 5.92 Å². The Balaban J connectivity index is 0. The van der Waals surface area contributed by atoms with Crippen LogP contribution in [-0.2, 0) is 9.47 Å². The van der Waals surface area contributed by atoms with E-state index in [0.29, 0.717) is 19.1 Å². The van der Waals surface area contributed by atoms with Gasteiger partial charge in [-0.05, 0) is 33.1 Å². The summed E-state index contributed by atoms with van der Waals surface area (Å²) in [5, 5.41) is 8.33. The Morgan fingerprint density at radius 2 is 1.62 bits per heavy atom. The van der Waals surface area contributed by atoms with E-state index in [1.807, 2.05) is 6.92 Å². The van der Waals surface area contributed by atoms with Crippen molar-refractivity contribution in [3.63, 3.8) is 0 Å². The molecule has 0 N–H and O–H groups in total. The minimum Gasteiger partial charge on any atom is -0.435 e. The van der Waals surface area contributed by atoms with Crippen molar-refractivity contribution in [2.75, 3.05) is 13.2 Å². The largest absolute Gasteiger partial charge is 0.508 e. The van der Waals surface area contributed by atoms with Crippen LogP contribution < -0.4 is 0 Å². The van der Waals surface area contributed by atoms with Crippen LogP contribution in [0.2, 0.25) is 0 Å². The Morgan fingerprint density at radius 3 is 1.81 bits per heavy atom. The second-order valence-electron chi connectivity index (χ2n) is 3.78. The van der Waals surface area contributed by atoms with Gasteiger partial charge >= 0.3 is 6.16 Å². The zero-order valence-corrected chi connectivity index (χ0v) is 10.9. The molecule has 0 saturated heterocycles. The Morgan fingerprint density at radius 1 is 1.19 bits per heavy atom. The standard InChI is InChI=1S/C7H13N.C5H10O3/c1-6(2)4-7(3)5-8;1-3-7-5(6)8-4-2/h6-7H,4H2,1-3H3;3-4H2,1-2H3. The molecule has 0 aromatic carbocycles. The molecule has 0 aromatic rings. The molecule has 0 aliphatic rings. The molecule has 1 unspecified atom stereocenters. The molecule has 0 heterocycles. The van der Waals surface area contributed by atoms with Crippen LogP contribution in [0.15, 0.2) is 0 Å². The molecular formula is C12H23NO3. The number of ether oxygens (including phenoxy) is 2. The topological polar surface area (TPSA) is 59.3 Å². The number of hydrogen-bond donors (Lipinski definition) is 0. The van der Waals surface area contributed by atoms with E-state index >= 15 is 0 Å². The third-order valence-electron chi connectivity index (χ3n) is 1.57. The van der Waals surface area contributed by atoms with Crippen molar-refractivity contribution < 1.29 is 14.3 Å². The van der Waals surface area contributed by atoms with Crippen molar-refractivity contribution in [1.29, 1.82) is 5.26 Å². The number of nitriles is 1. The molecule has 4 heteroatoms. The lowest BCUT2D eigenvalue weighted by Crippen LogP contribution is -2.05. The van der Waals surface area contributed by atoms with Gasteiger partial charge in [-0.3, -0.25) is 0 Å². The maximum Gasteiger partial charge on any atom is 0.508 e. The fourth-order valence-corrected chi connectivity index (χ4v) is 1.04. The first-order valence-corrected chi connectivity index (χ1v) is 5.66. The van der Waals surface area contributed by atoms with Crippen LogP contribution in [0.1, 0.15) is 41.0 Å². The molecule has 0 aliphatic carbocycles. The lowest BCUT2D eigenvalue weighted by molar-refractivity contribution is 0.0630. The van der Waals surface area contributed by atoms with Crippen LogP contribution >= 0.6 is 0 Å². The van der Waals surface area contributed by atoms with Gasteiger partial charge in [0.2, 0.25) is 0 Å². The molecule has 4 nitrogen and oxygen atoms in total. The first-order chi connectivity index (χ1) is 7.47. The highest BCUT2D eigenvalue weighted by molar-refractivity contribution is 5.59. The Bertz CT molecular complexity index is 201. The van der Waals surface area contributed by atoms with Gasteiger partial charge in [0, 0.05) is 5.92 Å². The van der Waals surface area contributed by atoms with Gasteiger partial charge < -0.3 is 9.47 Å². The van der Waals surface area contributed by atoms with E-state index in [1.54, 1.807) is 13.8 Å². The first kappa shape index (κ1) is 17.2. The number of carbonyl (C=O) groups is 1. The molecule has 0 bridgehead atoms. The summed E-state index contributed by atoms with van der Waals surface area (Å²) >= 11 is 0. The van der Waals surface area contributed by atoms with E-state index in [0.717, 1.165) is 6.42 Å². The molecule has 0 spiro atoms. The highest BCUT2D eigenvalue weighted by Crippen LogP contribution is 2.08. The van der Waals surface area contributed by atoms with Crippen LogP contribution in [0.5, 0.6) is 0 Å². The molecule has 0 rings (SSSR count). The third-order valence-corrected chi connectivity index (χ3v) is 1.57.